The minimum Gasteiger partial charge on any atom is -0.480 e. The highest BCUT2D eigenvalue weighted by Gasteiger charge is 2.38. The molecule has 0 unspecified atom stereocenters. The molecule has 7 nitrogen and oxygen atoms in total. The average molecular weight is 279 g/mol. The van der Waals surface area contributed by atoms with Crippen molar-refractivity contribution in [3.8, 4) is 0 Å². The van der Waals surface area contributed by atoms with Crippen molar-refractivity contribution in [3.63, 3.8) is 0 Å². The number of aliphatic carboxylic acids is 1. The number of rotatable bonds is 4. The Balaban J connectivity index is 1.84. The van der Waals surface area contributed by atoms with E-state index in [1.807, 2.05) is 12.1 Å². The fourth-order valence-corrected chi connectivity index (χ4v) is 2.23. The molecule has 0 bridgehead atoms. The van der Waals surface area contributed by atoms with Gasteiger partial charge in [0.15, 0.2) is 0 Å². The standard InChI is InChI=1S/C13H17N3O4/c17-10-6-11(12(18)19)16(8-10)13(20)15-5-3-9-2-1-4-14-7-9/h1-2,4,7,10-11,17H,3,5-6,8H2,(H,15,20)(H,18,19)/t10-,11-/m1/s1. The van der Waals surface area contributed by atoms with Crippen LogP contribution >= 0.6 is 0 Å². The van der Waals surface area contributed by atoms with E-state index in [1.165, 1.54) is 0 Å². The summed E-state index contributed by atoms with van der Waals surface area (Å²) < 4.78 is 0. The Bertz CT molecular complexity index is 480. The van der Waals surface area contributed by atoms with Gasteiger partial charge < -0.3 is 20.4 Å². The Hall–Kier alpha value is -2.15. The predicted octanol–water partition coefficient (Wildman–Crippen LogP) is -0.146. The van der Waals surface area contributed by atoms with E-state index in [2.05, 4.69) is 10.3 Å². The number of nitrogens with one attached hydrogen (secondary N) is 1. The molecule has 1 fully saturated rings. The first-order valence-electron chi connectivity index (χ1n) is 6.42. The molecule has 3 N–H and O–H groups in total. The molecule has 1 saturated heterocycles. The van der Waals surface area contributed by atoms with Gasteiger partial charge in [0.05, 0.1) is 6.10 Å². The maximum absolute atomic E-state index is 11.9. The van der Waals surface area contributed by atoms with Gasteiger partial charge in [-0.3, -0.25) is 4.98 Å². The van der Waals surface area contributed by atoms with Crippen LogP contribution in [-0.2, 0) is 11.2 Å². The third-order valence-electron chi connectivity index (χ3n) is 3.24. The molecule has 1 aromatic rings. The number of hydrogen-bond acceptors (Lipinski definition) is 4. The summed E-state index contributed by atoms with van der Waals surface area (Å²) in [5.41, 5.74) is 0.990. The SMILES string of the molecule is O=C(O)[C@H]1C[C@@H](O)CN1C(=O)NCCc1cccnc1. The smallest absolute Gasteiger partial charge is 0.326 e. The van der Waals surface area contributed by atoms with E-state index in [0.717, 1.165) is 10.5 Å². The number of amides is 2. The summed E-state index contributed by atoms with van der Waals surface area (Å²) in [6.45, 7) is 0.444. The van der Waals surface area contributed by atoms with Crippen LogP contribution in [0.3, 0.4) is 0 Å². The number of carboxylic acids is 1. The summed E-state index contributed by atoms with van der Waals surface area (Å²) in [4.78, 5) is 28.1. The molecule has 2 atom stereocenters. The largest absolute Gasteiger partial charge is 0.480 e. The van der Waals surface area contributed by atoms with E-state index in [4.69, 9.17) is 5.11 Å². The Morgan fingerprint density at radius 2 is 2.30 bits per heavy atom. The second-order valence-electron chi connectivity index (χ2n) is 4.74. The van der Waals surface area contributed by atoms with E-state index in [1.54, 1.807) is 12.4 Å². The maximum atomic E-state index is 11.9. The number of carboxylic acid groups (broad SMARTS) is 1. The number of urea groups is 1. The number of aromatic nitrogens is 1. The lowest BCUT2D eigenvalue weighted by Gasteiger charge is -2.21. The first kappa shape index (κ1) is 14.3. The predicted molar refractivity (Wildman–Crippen MR) is 70.1 cm³/mol. The first-order chi connectivity index (χ1) is 9.58. The van der Waals surface area contributed by atoms with Gasteiger partial charge in [0.1, 0.15) is 6.04 Å². The molecule has 1 aromatic heterocycles. The molecule has 0 spiro atoms. The monoisotopic (exact) mass is 279 g/mol. The molecule has 2 amide bonds. The van der Waals surface area contributed by atoms with Crippen LogP contribution in [0.1, 0.15) is 12.0 Å². The van der Waals surface area contributed by atoms with E-state index >= 15 is 0 Å². The van der Waals surface area contributed by atoms with Crippen LogP contribution in [0, 0.1) is 0 Å². The van der Waals surface area contributed by atoms with Crippen molar-refractivity contribution in [1.29, 1.82) is 0 Å². The summed E-state index contributed by atoms with van der Waals surface area (Å²) in [5, 5.41) is 21.2. The lowest BCUT2D eigenvalue weighted by molar-refractivity contribution is -0.141. The van der Waals surface area contributed by atoms with E-state index in [-0.39, 0.29) is 13.0 Å². The molecule has 1 aliphatic rings. The van der Waals surface area contributed by atoms with Crippen molar-refractivity contribution >= 4 is 12.0 Å². The zero-order chi connectivity index (χ0) is 14.5. The zero-order valence-electron chi connectivity index (χ0n) is 10.9. The number of aliphatic hydroxyl groups is 1. The molecule has 7 heteroatoms. The maximum Gasteiger partial charge on any atom is 0.326 e. The Morgan fingerprint density at radius 3 is 2.95 bits per heavy atom. The number of pyridine rings is 1. The molecule has 108 valence electrons. The van der Waals surface area contributed by atoms with Crippen molar-refractivity contribution in [2.24, 2.45) is 0 Å². The van der Waals surface area contributed by atoms with Crippen LogP contribution in [-0.4, -0.2) is 57.3 Å². The first-order valence-corrected chi connectivity index (χ1v) is 6.42. The number of carbonyl (C=O) groups is 2. The minimum absolute atomic E-state index is 0.0513. The molecule has 0 saturated carbocycles. The summed E-state index contributed by atoms with van der Waals surface area (Å²) in [5.74, 6) is -1.09. The van der Waals surface area contributed by atoms with E-state index in [9.17, 15) is 14.7 Å². The topological polar surface area (TPSA) is 103 Å². The number of aliphatic hydroxyl groups excluding tert-OH is 1. The van der Waals surface area contributed by atoms with Crippen molar-refractivity contribution in [3.05, 3.63) is 30.1 Å². The molecule has 0 aromatic carbocycles. The quantitative estimate of drug-likeness (QED) is 0.711. The summed E-state index contributed by atoms with van der Waals surface area (Å²) in [7, 11) is 0. The highest BCUT2D eigenvalue weighted by Crippen LogP contribution is 2.18. The zero-order valence-corrected chi connectivity index (χ0v) is 10.9. The molecular weight excluding hydrogens is 262 g/mol. The van der Waals surface area contributed by atoms with E-state index < -0.39 is 24.1 Å². The van der Waals surface area contributed by atoms with Gasteiger partial charge in [0.25, 0.3) is 0 Å². The number of carbonyl (C=O) groups excluding carboxylic acids is 1. The van der Waals surface area contributed by atoms with Crippen LogP contribution in [0.5, 0.6) is 0 Å². The van der Waals surface area contributed by atoms with Crippen LogP contribution < -0.4 is 5.32 Å². The fraction of sp³-hybridized carbons (Fsp3) is 0.462. The number of likely N-dealkylation sites (tertiary alicyclic amines) is 1. The summed E-state index contributed by atoms with van der Waals surface area (Å²) in [6.07, 6.45) is 3.30. The molecular formula is C13H17N3O4. The Kier molecular flexibility index (Phi) is 4.52. The average Bonchev–Trinajstić information content (AvgIpc) is 2.82. The van der Waals surface area contributed by atoms with Gasteiger partial charge in [-0.05, 0) is 18.1 Å². The lowest BCUT2D eigenvalue weighted by Crippen LogP contribution is -2.46. The van der Waals surface area contributed by atoms with Gasteiger partial charge in [-0.15, -0.1) is 0 Å². The lowest BCUT2D eigenvalue weighted by atomic mass is 10.2. The van der Waals surface area contributed by atoms with Crippen LogP contribution in [0.4, 0.5) is 4.79 Å². The van der Waals surface area contributed by atoms with Gasteiger partial charge in [0.2, 0.25) is 0 Å². The van der Waals surface area contributed by atoms with Gasteiger partial charge in [0, 0.05) is 31.9 Å². The minimum atomic E-state index is -1.09. The van der Waals surface area contributed by atoms with Crippen LogP contribution in [0.25, 0.3) is 0 Å². The molecule has 1 aliphatic heterocycles. The molecule has 2 rings (SSSR count). The summed E-state index contributed by atoms with van der Waals surface area (Å²) in [6, 6.07) is 2.30. The molecule has 0 aliphatic carbocycles. The number of nitrogens with zero attached hydrogens (tertiary/aromatic N) is 2. The second kappa shape index (κ2) is 6.33. The van der Waals surface area contributed by atoms with Crippen molar-refractivity contribution in [1.82, 2.24) is 15.2 Å². The molecule has 20 heavy (non-hydrogen) atoms. The summed E-state index contributed by atoms with van der Waals surface area (Å²) >= 11 is 0. The van der Waals surface area contributed by atoms with Crippen molar-refractivity contribution in [2.45, 2.75) is 25.0 Å². The molecule has 0 radical (unpaired) electrons. The Morgan fingerprint density at radius 1 is 1.50 bits per heavy atom. The third-order valence-corrected chi connectivity index (χ3v) is 3.24. The van der Waals surface area contributed by atoms with E-state index in [0.29, 0.717) is 13.0 Å². The van der Waals surface area contributed by atoms with Gasteiger partial charge >= 0.3 is 12.0 Å². The second-order valence-corrected chi connectivity index (χ2v) is 4.74. The van der Waals surface area contributed by atoms with Crippen LogP contribution in [0.2, 0.25) is 0 Å². The highest BCUT2D eigenvalue weighted by molar-refractivity contribution is 5.83. The number of β-amino-alcohol motifs (C(OH)–C–C–N with tert-alkyl or cyclic N) is 1. The van der Waals surface area contributed by atoms with Gasteiger partial charge in [-0.1, -0.05) is 6.07 Å². The van der Waals surface area contributed by atoms with Crippen LogP contribution in [0.15, 0.2) is 24.5 Å². The van der Waals surface area contributed by atoms with Crippen molar-refractivity contribution < 1.29 is 19.8 Å². The van der Waals surface area contributed by atoms with Crippen molar-refractivity contribution in [2.75, 3.05) is 13.1 Å². The number of hydrogen-bond donors (Lipinski definition) is 3. The highest BCUT2D eigenvalue weighted by atomic mass is 16.4. The van der Waals surface area contributed by atoms with Gasteiger partial charge in [-0.25, -0.2) is 9.59 Å². The normalized spacial score (nSPS) is 21.8. The third kappa shape index (κ3) is 3.45. The Labute approximate surface area is 116 Å². The fourth-order valence-electron chi connectivity index (χ4n) is 2.23. The van der Waals surface area contributed by atoms with Gasteiger partial charge in [-0.2, -0.15) is 0 Å². The molecule has 2 heterocycles.